The fourth-order valence-electron chi connectivity index (χ4n) is 5.62. The first-order chi connectivity index (χ1) is 28.7. The number of nitrogens with one attached hydrogen (secondary N) is 2. The van der Waals surface area contributed by atoms with Crippen molar-refractivity contribution in [1.82, 2.24) is 40.0 Å². The number of anilines is 2. The van der Waals surface area contributed by atoms with Gasteiger partial charge in [0.15, 0.2) is 5.78 Å². The number of carbonyl (C=O) groups excluding carboxylic acids is 1. The van der Waals surface area contributed by atoms with Gasteiger partial charge >= 0.3 is 29.6 Å². The van der Waals surface area contributed by atoms with E-state index < -0.39 is 26.2 Å². The third kappa shape index (κ3) is 11.2. The number of rotatable bonds is 10. The average Bonchev–Trinajstić information content (AvgIpc) is 3.88. The van der Waals surface area contributed by atoms with Crippen molar-refractivity contribution in [3.8, 4) is 11.4 Å². The molecule has 23 heteroatoms. The van der Waals surface area contributed by atoms with Gasteiger partial charge in [-0.05, 0) is 104 Å². The van der Waals surface area contributed by atoms with E-state index in [0.29, 0.717) is 54.9 Å². The fraction of sp³-hybridized carbons (Fsp3) is 0.103. The maximum Gasteiger partial charge on any atom is 1.00 e. The van der Waals surface area contributed by atoms with Crippen LogP contribution < -0.4 is 39.0 Å². The van der Waals surface area contributed by atoms with Gasteiger partial charge in [0, 0.05) is 43.5 Å². The van der Waals surface area contributed by atoms with Gasteiger partial charge in [0.1, 0.15) is 11.0 Å². The van der Waals surface area contributed by atoms with Crippen molar-refractivity contribution in [1.29, 1.82) is 0 Å². The van der Waals surface area contributed by atoms with Crippen molar-refractivity contribution in [3.05, 3.63) is 143 Å². The SMILES string of the molecule is CC(=O)c1ccc(S(=O)(=O)Nc2ccc(Cl)cc2-n2nnc3ncccc32)cc1.CC(O)c1ccc(S(=O)(=O)Nc2ccc(Cl)cc2-n2nnc3ncccc32)cc1.CO.[B].[H-].[Na+]. The van der Waals surface area contributed by atoms with Gasteiger partial charge in [0.05, 0.1) is 38.6 Å². The van der Waals surface area contributed by atoms with E-state index in [1.807, 2.05) is 0 Å². The zero-order valence-electron chi connectivity index (χ0n) is 34.3. The van der Waals surface area contributed by atoms with Crippen LogP contribution >= 0.6 is 23.2 Å². The Morgan fingerprint density at radius 1 is 0.677 bits per heavy atom. The van der Waals surface area contributed by atoms with Crippen molar-refractivity contribution in [3.63, 3.8) is 0 Å². The molecule has 8 aromatic rings. The van der Waals surface area contributed by atoms with E-state index >= 15 is 0 Å². The molecule has 0 spiro atoms. The zero-order valence-corrected chi connectivity index (χ0v) is 38.4. The van der Waals surface area contributed by atoms with E-state index in [-0.39, 0.29) is 66.3 Å². The van der Waals surface area contributed by atoms with E-state index in [1.54, 1.807) is 92.1 Å². The number of fused-ring (bicyclic) bond motifs is 2. The van der Waals surface area contributed by atoms with Crippen LogP contribution in [0, 0.1) is 0 Å². The molecule has 1 atom stereocenters. The van der Waals surface area contributed by atoms with Crippen LogP contribution in [0.5, 0.6) is 0 Å². The van der Waals surface area contributed by atoms with E-state index in [1.165, 1.54) is 52.7 Å². The van der Waals surface area contributed by atoms with Crippen LogP contribution in [0.3, 0.4) is 0 Å². The third-order valence-corrected chi connectivity index (χ3v) is 11.8. The number of aliphatic hydroxyl groups excluding tert-OH is 2. The molecule has 0 saturated heterocycles. The minimum Gasteiger partial charge on any atom is -1.00 e. The van der Waals surface area contributed by atoms with Gasteiger partial charge in [-0.25, -0.2) is 36.2 Å². The van der Waals surface area contributed by atoms with Crippen LogP contribution in [-0.2, 0) is 20.0 Å². The number of hydrogen-bond acceptors (Lipinski definition) is 13. The molecule has 3 radical (unpaired) electrons. The van der Waals surface area contributed by atoms with Gasteiger partial charge in [-0.15, -0.1) is 10.2 Å². The first kappa shape index (κ1) is 49.4. The van der Waals surface area contributed by atoms with Gasteiger partial charge in [-0.2, -0.15) is 0 Å². The summed E-state index contributed by atoms with van der Waals surface area (Å²) in [6, 6.07) is 28.1. The van der Waals surface area contributed by atoms with Crippen LogP contribution in [0.15, 0.2) is 131 Å². The minimum absolute atomic E-state index is 0. The number of hydrogen-bond donors (Lipinski definition) is 4. The molecule has 17 nitrogen and oxygen atoms in total. The van der Waals surface area contributed by atoms with Crippen molar-refractivity contribution in [2.75, 3.05) is 16.6 Å². The van der Waals surface area contributed by atoms with E-state index in [0.717, 1.165) is 7.11 Å². The number of carbonyl (C=O) groups is 1. The summed E-state index contributed by atoms with van der Waals surface area (Å²) in [5.74, 6) is -0.145. The molecule has 4 aromatic carbocycles. The molecular formula is C39H35BCl2N10NaO7S2. The number of nitrogens with zero attached hydrogens (tertiary/aromatic N) is 8. The largest absolute Gasteiger partial charge is 1.00 e. The van der Waals surface area contributed by atoms with Crippen LogP contribution in [0.1, 0.15) is 37.3 Å². The molecule has 0 amide bonds. The number of benzene rings is 4. The summed E-state index contributed by atoms with van der Waals surface area (Å²) in [5, 5.41) is 33.6. The van der Waals surface area contributed by atoms with Crippen LogP contribution in [0.4, 0.5) is 11.4 Å². The number of aromatic nitrogens is 8. The molecule has 0 aliphatic carbocycles. The maximum absolute atomic E-state index is 12.9. The second-order valence-electron chi connectivity index (χ2n) is 12.6. The summed E-state index contributed by atoms with van der Waals surface area (Å²) >= 11 is 12.3. The first-order valence-electron chi connectivity index (χ1n) is 17.5. The van der Waals surface area contributed by atoms with Gasteiger partial charge < -0.3 is 11.6 Å². The summed E-state index contributed by atoms with van der Waals surface area (Å²) in [6.45, 7) is 3.03. The van der Waals surface area contributed by atoms with Crippen molar-refractivity contribution >= 4 is 91.1 Å². The Kier molecular flexibility index (Phi) is 16.9. The Bertz CT molecular complexity index is 3060. The van der Waals surface area contributed by atoms with Gasteiger partial charge in [-0.3, -0.25) is 14.2 Å². The summed E-state index contributed by atoms with van der Waals surface area (Å²) in [6.07, 6.45) is 2.50. The quantitative estimate of drug-likeness (QED) is 0.114. The van der Waals surface area contributed by atoms with Gasteiger partial charge in [-0.1, -0.05) is 57.9 Å². The fourth-order valence-corrected chi connectivity index (χ4v) is 8.10. The Balaban J connectivity index is 0.000000309. The molecule has 4 aromatic heterocycles. The molecule has 0 fully saturated rings. The molecule has 8 rings (SSSR count). The number of ketones is 1. The number of aliphatic hydroxyl groups is 2. The number of halogens is 2. The van der Waals surface area contributed by atoms with E-state index in [2.05, 4.69) is 40.0 Å². The number of Topliss-reactive ketones (excluding diaryl/α,β-unsaturated/α-hetero) is 1. The molecule has 62 heavy (non-hydrogen) atoms. The monoisotopic (exact) mass is 923 g/mol. The molecule has 1 unspecified atom stereocenters. The normalized spacial score (nSPS) is 11.5. The summed E-state index contributed by atoms with van der Waals surface area (Å²) in [7, 11) is -6.80. The molecule has 4 heterocycles. The Morgan fingerprint density at radius 2 is 1.08 bits per heavy atom. The smallest absolute Gasteiger partial charge is 1.00 e. The van der Waals surface area contributed by atoms with Crippen molar-refractivity contribution in [2.24, 2.45) is 0 Å². The van der Waals surface area contributed by atoms with Crippen LogP contribution in [0.25, 0.3) is 33.7 Å². The molecule has 4 N–H and O–H groups in total. The molecule has 0 saturated carbocycles. The van der Waals surface area contributed by atoms with Crippen LogP contribution in [-0.4, -0.2) is 88.3 Å². The Morgan fingerprint density at radius 3 is 1.47 bits per heavy atom. The average molecular weight is 925 g/mol. The Hall–Kier alpha value is -5.29. The topological polar surface area (TPSA) is 237 Å². The van der Waals surface area contributed by atoms with Crippen molar-refractivity contribution in [2.45, 2.75) is 29.7 Å². The van der Waals surface area contributed by atoms with E-state index in [9.17, 15) is 26.7 Å². The molecule has 0 aliphatic rings. The van der Waals surface area contributed by atoms with Crippen LogP contribution in [0.2, 0.25) is 10.0 Å². The molecule has 0 bridgehead atoms. The molecular weight excluding hydrogens is 889 g/mol. The third-order valence-electron chi connectivity index (χ3n) is 8.55. The number of sulfonamides is 2. The first-order valence-corrected chi connectivity index (χ1v) is 21.2. The standard InChI is InChI=1S/C19H16ClN5O3S.C19H14ClN5O3S.CH4O.B.Na.H/c2*1-12(26)13-4-7-15(8-5-13)29(27,28)23-16-9-6-14(20)11-18(16)25-17-3-2-10-21-19(17)22-24-25;1-2;;;/h2-12,23,26H,1H3;2-11,23H,1H3;2H,1H3;;;/q;;;;+1;-1. The summed E-state index contributed by atoms with van der Waals surface area (Å²) in [5.41, 5.74) is 4.46. The predicted molar refractivity (Wildman–Crippen MR) is 233 cm³/mol. The van der Waals surface area contributed by atoms with Crippen molar-refractivity contribution < 1.29 is 62.8 Å². The summed E-state index contributed by atoms with van der Waals surface area (Å²) < 4.78 is 59.6. The van der Waals surface area contributed by atoms with Gasteiger partial charge in [0.25, 0.3) is 20.0 Å². The predicted octanol–water partition coefficient (Wildman–Crippen LogP) is 3.14. The molecule has 0 aliphatic heterocycles. The summed E-state index contributed by atoms with van der Waals surface area (Å²) in [4.78, 5) is 19.8. The minimum atomic E-state index is -3.92. The number of pyridine rings is 2. The molecule has 313 valence electrons. The van der Waals surface area contributed by atoms with Gasteiger partial charge in [0.2, 0.25) is 11.3 Å². The van der Waals surface area contributed by atoms with E-state index in [4.69, 9.17) is 28.3 Å². The zero-order chi connectivity index (χ0) is 43.2. The Labute approximate surface area is 391 Å². The maximum atomic E-state index is 12.9. The second kappa shape index (κ2) is 21.2. The second-order valence-corrected chi connectivity index (χ2v) is 16.8.